The highest BCUT2D eigenvalue weighted by Crippen LogP contribution is 2.21. The summed E-state index contributed by atoms with van der Waals surface area (Å²) in [6.07, 6.45) is 1.30. The van der Waals surface area contributed by atoms with Crippen LogP contribution in [0.2, 0.25) is 0 Å². The molecule has 1 aromatic carbocycles. The first-order valence-electron chi connectivity index (χ1n) is 4.79. The standard InChI is InChI=1S/C10H13N.CH3NS/c1-2-4-9(5-3-1)10-6-7-11-8-10;2-1-3/h1-5,10-11H,6-8H2;1H,(H2,2,3). The molecule has 3 N–H and O–H groups in total. The van der Waals surface area contributed by atoms with Gasteiger partial charge in [0, 0.05) is 6.54 Å². The molecule has 14 heavy (non-hydrogen) atoms. The Hall–Kier alpha value is -0.930. The van der Waals surface area contributed by atoms with Crippen molar-refractivity contribution >= 4 is 17.7 Å². The monoisotopic (exact) mass is 208 g/mol. The molecule has 0 amide bonds. The lowest BCUT2D eigenvalue weighted by atomic mass is 9.99. The predicted octanol–water partition coefficient (Wildman–Crippen LogP) is 1.67. The van der Waals surface area contributed by atoms with Gasteiger partial charge in [-0.1, -0.05) is 42.5 Å². The zero-order valence-electron chi connectivity index (χ0n) is 8.15. The third-order valence-electron chi connectivity index (χ3n) is 2.33. The van der Waals surface area contributed by atoms with Crippen molar-refractivity contribution in [2.45, 2.75) is 12.3 Å². The molecule has 76 valence electrons. The summed E-state index contributed by atoms with van der Waals surface area (Å²) in [4.78, 5) is 0. The first-order chi connectivity index (χ1) is 6.88. The largest absolute Gasteiger partial charge is 0.396 e. The molecule has 1 heterocycles. The summed E-state index contributed by atoms with van der Waals surface area (Å²) >= 11 is 4.05. The van der Waals surface area contributed by atoms with Crippen LogP contribution in [0.1, 0.15) is 17.9 Å². The maximum Gasteiger partial charge on any atom is 0.0588 e. The highest BCUT2D eigenvalue weighted by molar-refractivity contribution is 7.78. The zero-order chi connectivity index (χ0) is 10.2. The van der Waals surface area contributed by atoms with E-state index in [0.717, 1.165) is 18.0 Å². The Bertz CT molecular complexity index is 255. The first-order valence-corrected chi connectivity index (χ1v) is 5.26. The summed E-state index contributed by atoms with van der Waals surface area (Å²) in [7, 11) is 0. The predicted molar refractivity (Wildman–Crippen MR) is 64.5 cm³/mol. The summed E-state index contributed by atoms with van der Waals surface area (Å²) in [5.74, 6) is 0.760. The second kappa shape index (κ2) is 6.51. The van der Waals surface area contributed by atoms with Crippen molar-refractivity contribution in [3.63, 3.8) is 0 Å². The van der Waals surface area contributed by atoms with Gasteiger partial charge in [0.25, 0.3) is 0 Å². The second-order valence-corrected chi connectivity index (χ2v) is 3.51. The fourth-order valence-corrected chi connectivity index (χ4v) is 1.66. The van der Waals surface area contributed by atoms with E-state index in [4.69, 9.17) is 0 Å². The van der Waals surface area contributed by atoms with Gasteiger partial charge in [-0.2, -0.15) is 0 Å². The van der Waals surface area contributed by atoms with E-state index in [9.17, 15) is 0 Å². The van der Waals surface area contributed by atoms with Crippen molar-refractivity contribution in [2.24, 2.45) is 5.73 Å². The normalized spacial score (nSPS) is 19.6. The minimum atomic E-state index is 0.760. The van der Waals surface area contributed by atoms with Crippen LogP contribution in [-0.2, 0) is 0 Å². The summed E-state index contributed by atoms with van der Waals surface area (Å²) in [5.41, 5.74) is 7.10. The molecule has 0 aromatic heterocycles. The number of rotatable bonds is 1. The van der Waals surface area contributed by atoms with E-state index in [2.05, 4.69) is 53.6 Å². The first kappa shape index (κ1) is 11.1. The van der Waals surface area contributed by atoms with E-state index in [1.165, 1.54) is 18.5 Å². The van der Waals surface area contributed by atoms with Gasteiger partial charge >= 0.3 is 0 Å². The fraction of sp³-hybridized carbons (Fsp3) is 0.364. The Kier molecular flexibility index (Phi) is 5.19. The number of benzene rings is 1. The molecule has 1 unspecified atom stereocenters. The lowest BCUT2D eigenvalue weighted by Gasteiger charge is -2.06. The van der Waals surface area contributed by atoms with Crippen LogP contribution >= 0.6 is 12.2 Å². The van der Waals surface area contributed by atoms with Crippen LogP contribution in [-0.4, -0.2) is 18.6 Å². The molecule has 1 saturated heterocycles. The van der Waals surface area contributed by atoms with Gasteiger partial charge in [-0.25, -0.2) is 0 Å². The molecule has 3 heteroatoms. The van der Waals surface area contributed by atoms with E-state index in [0.29, 0.717) is 0 Å². The minimum Gasteiger partial charge on any atom is -0.396 e. The average molecular weight is 208 g/mol. The average Bonchev–Trinajstić information content (AvgIpc) is 2.73. The van der Waals surface area contributed by atoms with Gasteiger partial charge in [0.1, 0.15) is 0 Å². The van der Waals surface area contributed by atoms with E-state index < -0.39 is 0 Å². The highest BCUT2D eigenvalue weighted by Gasteiger charge is 2.15. The van der Waals surface area contributed by atoms with Crippen LogP contribution in [0, 0.1) is 0 Å². The Balaban J connectivity index is 0.000000293. The van der Waals surface area contributed by atoms with Crippen molar-refractivity contribution in [3.05, 3.63) is 35.9 Å². The zero-order valence-corrected chi connectivity index (χ0v) is 8.96. The molecule has 0 bridgehead atoms. The molecule has 1 aliphatic heterocycles. The van der Waals surface area contributed by atoms with E-state index in [-0.39, 0.29) is 0 Å². The molecule has 1 fully saturated rings. The van der Waals surface area contributed by atoms with Crippen LogP contribution < -0.4 is 11.1 Å². The number of nitrogens with two attached hydrogens (primary N) is 1. The van der Waals surface area contributed by atoms with Crippen molar-refractivity contribution < 1.29 is 0 Å². The molecule has 1 atom stereocenters. The highest BCUT2D eigenvalue weighted by atomic mass is 32.1. The van der Waals surface area contributed by atoms with E-state index in [1.54, 1.807) is 0 Å². The summed E-state index contributed by atoms with van der Waals surface area (Å²) in [6.45, 7) is 2.34. The number of hydrogen-bond acceptors (Lipinski definition) is 2. The Morgan fingerprint density at radius 3 is 2.50 bits per heavy atom. The third-order valence-corrected chi connectivity index (χ3v) is 2.33. The van der Waals surface area contributed by atoms with Crippen LogP contribution in [0.15, 0.2) is 30.3 Å². The van der Waals surface area contributed by atoms with Crippen molar-refractivity contribution in [3.8, 4) is 0 Å². The Morgan fingerprint density at radius 2 is 2.00 bits per heavy atom. The number of hydrogen-bond donors (Lipinski definition) is 2. The van der Waals surface area contributed by atoms with Crippen LogP contribution in [0.3, 0.4) is 0 Å². The maximum absolute atomic E-state index is 4.54. The van der Waals surface area contributed by atoms with Crippen LogP contribution in [0.4, 0.5) is 0 Å². The molecular weight excluding hydrogens is 192 g/mol. The van der Waals surface area contributed by atoms with Crippen molar-refractivity contribution in [1.29, 1.82) is 0 Å². The minimum absolute atomic E-state index is 0.760. The SMILES string of the molecule is NC=S.c1ccc(C2CCNC2)cc1. The van der Waals surface area contributed by atoms with Crippen LogP contribution in [0.25, 0.3) is 0 Å². The molecule has 0 spiro atoms. The fourth-order valence-electron chi connectivity index (χ4n) is 1.66. The van der Waals surface area contributed by atoms with E-state index in [1.807, 2.05) is 0 Å². The van der Waals surface area contributed by atoms with E-state index >= 15 is 0 Å². The van der Waals surface area contributed by atoms with Gasteiger partial charge in [0.2, 0.25) is 0 Å². The molecule has 2 rings (SSSR count). The van der Waals surface area contributed by atoms with Gasteiger partial charge in [-0.3, -0.25) is 0 Å². The quantitative estimate of drug-likeness (QED) is 0.689. The van der Waals surface area contributed by atoms with Gasteiger partial charge in [0.05, 0.1) is 5.49 Å². The number of nitrogens with one attached hydrogen (secondary N) is 1. The molecule has 0 radical (unpaired) electrons. The lowest BCUT2D eigenvalue weighted by molar-refractivity contribution is 0.763. The van der Waals surface area contributed by atoms with Gasteiger partial charge in [0.15, 0.2) is 0 Å². The topological polar surface area (TPSA) is 38.0 Å². The molecule has 1 aromatic rings. The van der Waals surface area contributed by atoms with Gasteiger partial charge < -0.3 is 11.1 Å². The Labute approximate surface area is 90.5 Å². The maximum atomic E-state index is 4.54. The van der Waals surface area contributed by atoms with Crippen molar-refractivity contribution in [2.75, 3.05) is 13.1 Å². The summed E-state index contributed by atoms with van der Waals surface area (Å²) < 4.78 is 0. The molecule has 1 aliphatic rings. The smallest absolute Gasteiger partial charge is 0.0588 e. The summed E-state index contributed by atoms with van der Waals surface area (Å²) in [6, 6.07) is 10.8. The van der Waals surface area contributed by atoms with Gasteiger partial charge in [-0.15, -0.1) is 0 Å². The number of thiocarbonyl (C=S) groups is 1. The molecule has 2 nitrogen and oxygen atoms in total. The molecule has 0 saturated carbocycles. The lowest BCUT2D eigenvalue weighted by Crippen LogP contribution is -2.07. The van der Waals surface area contributed by atoms with Crippen molar-refractivity contribution in [1.82, 2.24) is 5.32 Å². The van der Waals surface area contributed by atoms with Gasteiger partial charge in [-0.05, 0) is 24.4 Å². The van der Waals surface area contributed by atoms with Crippen LogP contribution in [0.5, 0.6) is 0 Å². The third kappa shape index (κ3) is 3.44. The summed E-state index contributed by atoms with van der Waals surface area (Å²) in [5, 5.41) is 3.37. The second-order valence-electron chi connectivity index (χ2n) is 3.24. The molecular formula is C11H16N2S. The Morgan fingerprint density at radius 1 is 1.36 bits per heavy atom. The molecule has 0 aliphatic carbocycles.